The molecule has 4 N–H and O–H groups in total. The van der Waals surface area contributed by atoms with Crippen molar-refractivity contribution in [3.05, 3.63) is 18.0 Å². The summed E-state index contributed by atoms with van der Waals surface area (Å²) in [6.07, 6.45) is 5.25. The van der Waals surface area contributed by atoms with Gasteiger partial charge in [0.25, 0.3) is 0 Å². The van der Waals surface area contributed by atoms with Gasteiger partial charge in [-0.1, -0.05) is 0 Å². The predicted octanol–water partition coefficient (Wildman–Crippen LogP) is -0.797. The molecule has 0 aliphatic heterocycles. The molecule has 0 spiro atoms. The maximum Gasteiger partial charge on any atom is 0.242 e. The number of nitrogens with one attached hydrogen (secondary N) is 2. The quantitative estimate of drug-likeness (QED) is 0.649. The molecule has 0 radical (unpaired) electrons. The van der Waals surface area contributed by atoms with Crippen molar-refractivity contribution in [1.29, 1.82) is 0 Å². The molecule has 104 valence electrons. The number of carbonyl (C=O) groups excluding carboxylic acids is 2. The molecule has 1 aromatic heterocycles. The summed E-state index contributed by atoms with van der Waals surface area (Å²) in [5.41, 5.74) is 6.44. The van der Waals surface area contributed by atoms with E-state index in [-0.39, 0.29) is 17.9 Å². The maximum absolute atomic E-state index is 11.9. The Kier molecular flexibility index (Phi) is 3.84. The first kappa shape index (κ1) is 13.5. The van der Waals surface area contributed by atoms with Crippen LogP contribution in [0.3, 0.4) is 0 Å². The number of rotatable bonds is 5. The van der Waals surface area contributed by atoms with E-state index >= 15 is 0 Å². The molecular formula is C12H19N5O2. The number of nitrogens with two attached hydrogens (primary N) is 1. The number of nitrogens with zero attached hydrogens (tertiary/aromatic N) is 2. The van der Waals surface area contributed by atoms with Crippen molar-refractivity contribution in [2.75, 3.05) is 0 Å². The summed E-state index contributed by atoms with van der Waals surface area (Å²) in [4.78, 5) is 23.6. The molecule has 1 saturated carbocycles. The van der Waals surface area contributed by atoms with Gasteiger partial charge in [0.2, 0.25) is 11.8 Å². The molecule has 7 heteroatoms. The summed E-state index contributed by atoms with van der Waals surface area (Å²) in [6.45, 7) is 1.64. The Balaban J connectivity index is 1.86. The molecule has 2 atom stereocenters. The largest absolute Gasteiger partial charge is 0.352 e. The van der Waals surface area contributed by atoms with Crippen molar-refractivity contribution in [3.63, 3.8) is 0 Å². The summed E-state index contributed by atoms with van der Waals surface area (Å²) >= 11 is 0. The van der Waals surface area contributed by atoms with E-state index in [9.17, 15) is 9.59 Å². The minimum Gasteiger partial charge on any atom is -0.352 e. The Labute approximate surface area is 111 Å². The smallest absolute Gasteiger partial charge is 0.242 e. The molecule has 0 bridgehead atoms. The first-order chi connectivity index (χ1) is 8.97. The molecule has 1 aromatic rings. The van der Waals surface area contributed by atoms with Crippen molar-refractivity contribution in [3.8, 4) is 0 Å². The Hall–Kier alpha value is -1.89. The third-order valence-electron chi connectivity index (χ3n) is 3.04. The van der Waals surface area contributed by atoms with Gasteiger partial charge < -0.3 is 16.4 Å². The number of carbonyl (C=O) groups is 2. The van der Waals surface area contributed by atoms with Gasteiger partial charge >= 0.3 is 0 Å². The highest BCUT2D eigenvalue weighted by Crippen LogP contribution is 2.18. The van der Waals surface area contributed by atoms with Gasteiger partial charge in [0.15, 0.2) is 0 Å². The Bertz CT molecular complexity index is 480. The van der Waals surface area contributed by atoms with Crippen molar-refractivity contribution in [2.24, 2.45) is 12.8 Å². The van der Waals surface area contributed by atoms with E-state index in [1.54, 1.807) is 31.0 Å². The lowest BCUT2D eigenvalue weighted by molar-refractivity contribution is -0.129. The van der Waals surface area contributed by atoms with Crippen molar-refractivity contribution in [1.82, 2.24) is 20.4 Å². The second-order valence-electron chi connectivity index (χ2n) is 4.94. The van der Waals surface area contributed by atoms with Crippen LogP contribution >= 0.6 is 0 Å². The third kappa shape index (κ3) is 3.54. The fourth-order valence-electron chi connectivity index (χ4n) is 1.67. The lowest BCUT2D eigenvalue weighted by Gasteiger charge is -2.16. The molecule has 2 unspecified atom stereocenters. The normalized spacial score (nSPS) is 17.6. The van der Waals surface area contributed by atoms with Crippen molar-refractivity contribution >= 4 is 11.8 Å². The van der Waals surface area contributed by atoms with E-state index in [2.05, 4.69) is 15.7 Å². The fraction of sp³-hybridized carbons (Fsp3) is 0.583. The SMILES string of the molecule is CC(NC(=O)C(N)c1cnn(C)c1)C(=O)NC1CC1. The minimum absolute atomic E-state index is 0.172. The highest BCUT2D eigenvalue weighted by molar-refractivity contribution is 5.90. The predicted molar refractivity (Wildman–Crippen MR) is 68.9 cm³/mol. The van der Waals surface area contributed by atoms with Gasteiger partial charge in [0, 0.05) is 24.8 Å². The topological polar surface area (TPSA) is 102 Å². The summed E-state index contributed by atoms with van der Waals surface area (Å²) < 4.78 is 1.58. The number of hydrogen-bond donors (Lipinski definition) is 3. The zero-order valence-corrected chi connectivity index (χ0v) is 11.1. The number of hydrogen-bond acceptors (Lipinski definition) is 4. The van der Waals surface area contributed by atoms with Crippen LogP contribution in [0, 0.1) is 0 Å². The minimum atomic E-state index is -0.815. The monoisotopic (exact) mass is 265 g/mol. The van der Waals surface area contributed by atoms with E-state index < -0.39 is 12.1 Å². The van der Waals surface area contributed by atoms with Crippen LogP contribution in [0.2, 0.25) is 0 Å². The average Bonchev–Trinajstić information content (AvgIpc) is 3.07. The average molecular weight is 265 g/mol. The van der Waals surface area contributed by atoms with Crippen LogP contribution in [0.5, 0.6) is 0 Å². The van der Waals surface area contributed by atoms with Gasteiger partial charge in [-0.15, -0.1) is 0 Å². The number of aromatic nitrogens is 2. The van der Waals surface area contributed by atoms with Crippen molar-refractivity contribution < 1.29 is 9.59 Å². The molecule has 7 nitrogen and oxygen atoms in total. The van der Waals surface area contributed by atoms with Gasteiger partial charge in [-0.2, -0.15) is 5.10 Å². The molecule has 0 aromatic carbocycles. The van der Waals surface area contributed by atoms with Crippen LogP contribution in [0.15, 0.2) is 12.4 Å². The van der Waals surface area contributed by atoms with Crippen LogP contribution in [0.4, 0.5) is 0 Å². The highest BCUT2D eigenvalue weighted by atomic mass is 16.2. The van der Waals surface area contributed by atoms with E-state index in [1.165, 1.54) is 0 Å². The summed E-state index contributed by atoms with van der Waals surface area (Å²) in [7, 11) is 1.75. The molecule has 1 aliphatic carbocycles. The number of aryl methyl sites for hydroxylation is 1. The van der Waals surface area contributed by atoms with Crippen LogP contribution in [0.1, 0.15) is 31.4 Å². The first-order valence-corrected chi connectivity index (χ1v) is 6.32. The molecule has 1 fully saturated rings. The fourth-order valence-corrected chi connectivity index (χ4v) is 1.67. The lowest BCUT2D eigenvalue weighted by atomic mass is 10.1. The van der Waals surface area contributed by atoms with Crippen LogP contribution in [0.25, 0.3) is 0 Å². The molecule has 0 saturated heterocycles. The first-order valence-electron chi connectivity index (χ1n) is 6.32. The van der Waals surface area contributed by atoms with Gasteiger partial charge in [0.1, 0.15) is 12.1 Å². The molecule has 2 amide bonds. The van der Waals surface area contributed by atoms with Gasteiger partial charge in [0.05, 0.1) is 6.20 Å². The third-order valence-corrected chi connectivity index (χ3v) is 3.04. The van der Waals surface area contributed by atoms with Gasteiger partial charge in [-0.3, -0.25) is 14.3 Å². The molecule has 19 heavy (non-hydrogen) atoms. The second-order valence-corrected chi connectivity index (χ2v) is 4.94. The Morgan fingerprint density at radius 2 is 2.16 bits per heavy atom. The second kappa shape index (κ2) is 5.40. The van der Waals surface area contributed by atoms with E-state index in [4.69, 9.17) is 5.73 Å². The van der Waals surface area contributed by atoms with E-state index in [1.807, 2.05) is 0 Å². The summed E-state index contributed by atoms with van der Waals surface area (Å²) in [6, 6.07) is -1.13. The van der Waals surface area contributed by atoms with E-state index in [0.717, 1.165) is 12.8 Å². The van der Waals surface area contributed by atoms with Crippen molar-refractivity contribution in [2.45, 2.75) is 37.9 Å². The summed E-state index contributed by atoms with van der Waals surface area (Å²) in [5.74, 6) is -0.555. The van der Waals surface area contributed by atoms with Crippen LogP contribution in [-0.2, 0) is 16.6 Å². The zero-order valence-electron chi connectivity index (χ0n) is 11.1. The molecule has 1 aliphatic rings. The molecule has 1 heterocycles. The zero-order chi connectivity index (χ0) is 14.0. The highest BCUT2D eigenvalue weighted by Gasteiger charge is 2.27. The lowest BCUT2D eigenvalue weighted by Crippen LogP contribution is -2.48. The van der Waals surface area contributed by atoms with Crippen LogP contribution < -0.4 is 16.4 Å². The maximum atomic E-state index is 11.9. The van der Waals surface area contributed by atoms with Crippen LogP contribution in [-0.4, -0.2) is 33.7 Å². The summed E-state index contributed by atoms with van der Waals surface area (Å²) in [5, 5.41) is 9.40. The Morgan fingerprint density at radius 1 is 1.47 bits per heavy atom. The van der Waals surface area contributed by atoms with Gasteiger partial charge in [-0.25, -0.2) is 0 Å². The Morgan fingerprint density at radius 3 is 2.68 bits per heavy atom. The standard InChI is InChI=1S/C12H19N5O2/c1-7(11(18)16-9-3-4-9)15-12(19)10(13)8-5-14-17(2)6-8/h5-7,9-10H,3-4,13H2,1-2H3,(H,15,19)(H,16,18). The molecule has 2 rings (SSSR count). The van der Waals surface area contributed by atoms with Gasteiger partial charge in [-0.05, 0) is 19.8 Å². The number of amides is 2. The molecular weight excluding hydrogens is 246 g/mol. The van der Waals surface area contributed by atoms with E-state index in [0.29, 0.717) is 5.56 Å².